The highest BCUT2D eigenvalue weighted by Gasteiger charge is 2.17. The highest BCUT2D eigenvalue weighted by atomic mass is 16.5. The molecule has 0 saturated carbocycles. The number of hydrogen-bond acceptors (Lipinski definition) is 2. The Kier molecular flexibility index (Phi) is 4.57. The summed E-state index contributed by atoms with van der Waals surface area (Å²) >= 11 is 0. The fraction of sp³-hybridized carbons (Fsp3) is 0.625. The van der Waals surface area contributed by atoms with Gasteiger partial charge in [0.1, 0.15) is 6.10 Å². The standard InChI is InChI=1S/C16H26O2/c1-15(2,3)13-9-7-12(8-10-13)14(17)11-18-16(4,5)6/h7-10,14,17H,11H2,1-6H3. The van der Waals surface area contributed by atoms with Crippen molar-refractivity contribution in [3.63, 3.8) is 0 Å². The highest BCUT2D eigenvalue weighted by molar-refractivity contribution is 5.28. The van der Waals surface area contributed by atoms with E-state index in [1.54, 1.807) is 0 Å². The summed E-state index contributed by atoms with van der Waals surface area (Å²) < 4.78 is 5.59. The van der Waals surface area contributed by atoms with Crippen molar-refractivity contribution >= 4 is 0 Å². The second-order valence-corrected chi connectivity index (χ2v) is 6.81. The number of hydrogen-bond donors (Lipinski definition) is 1. The van der Waals surface area contributed by atoms with Gasteiger partial charge in [-0.15, -0.1) is 0 Å². The number of benzene rings is 1. The summed E-state index contributed by atoms with van der Waals surface area (Å²) in [5.74, 6) is 0. The zero-order valence-corrected chi connectivity index (χ0v) is 12.4. The van der Waals surface area contributed by atoms with Crippen LogP contribution in [0.4, 0.5) is 0 Å². The zero-order valence-electron chi connectivity index (χ0n) is 12.4. The molecule has 1 unspecified atom stereocenters. The summed E-state index contributed by atoms with van der Waals surface area (Å²) in [5.41, 5.74) is 2.11. The Morgan fingerprint density at radius 2 is 1.50 bits per heavy atom. The quantitative estimate of drug-likeness (QED) is 0.883. The monoisotopic (exact) mass is 250 g/mol. The lowest BCUT2D eigenvalue weighted by molar-refractivity contribution is -0.0496. The Bertz CT molecular complexity index is 366. The largest absolute Gasteiger partial charge is 0.386 e. The summed E-state index contributed by atoms with van der Waals surface area (Å²) in [4.78, 5) is 0. The third-order valence-corrected chi connectivity index (χ3v) is 2.84. The van der Waals surface area contributed by atoms with E-state index in [1.807, 2.05) is 32.9 Å². The van der Waals surface area contributed by atoms with Crippen molar-refractivity contribution in [2.24, 2.45) is 0 Å². The molecule has 2 heteroatoms. The van der Waals surface area contributed by atoms with Crippen LogP contribution in [-0.4, -0.2) is 17.3 Å². The molecule has 0 aliphatic heterocycles. The smallest absolute Gasteiger partial charge is 0.102 e. The molecular weight excluding hydrogens is 224 g/mol. The summed E-state index contributed by atoms with van der Waals surface area (Å²) in [6, 6.07) is 8.12. The molecular formula is C16H26O2. The maximum Gasteiger partial charge on any atom is 0.102 e. The first kappa shape index (κ1) is 15.2. The molecule has 1 atom stereocenters. The number of ether oxygens (including phenoxy) is 1. The first-order valence-corrected chi connectivity index (χ1v) is 6.52. The van der Waals surface area contributed by atoms with Crippen molar-refractivity contribution in [3.05, 3.63) is 35.4 Å². The lowest BCUT2D eigenvalue weighted by Gasteiger charge is -2.23. The molecule has 1 aromatic rings. The van der Waals surface area contributed by atoms with Crippen molar-refractivity contribution in [2.75, 3.05) is 6.61 Å². The molecule has 0 radical (unpaired) electrons. The van der Waals surface area contributed by atoms with E-state index in [1.165, 1.54) is 5.56 Å². The van der Waals surface area contributed by atoms with E-state index in [4.69, 9.17) is 4.74 Å². The fourth-order valence-electron chi connectivity index (χ4n) is 1.63. The van der Waals surface area contributed by atoms with Crippen LogP contribution in [0.2, 0.25) is 0 Å². The second-order valence-electron chi connectivity index (χ2n) is 6.81. The van der Waals surface area contributed by atoms with Crippen LogP contribution in [0.1, 0.15) is 58.8 Å². The van der Waals surface area contributed by atoms with E-state index < -0.39 is 6.10 Å². The molecule has 0 aromatic heterocycles. The molecule has 0 amide bonds. The Balaban J connectivity index is 2.68. The van der Waals surface area contributed by atoms with Gasteiger partial charge < -0.3 is 9.84 Å². The summed E-state index contributed by atoms with van der Waals surface area (Å²) in [6.45, 7) is 12.8. The van der Waals surface area contributed by atoms with Gasteiger partial charge >= 0.3 is 0 Å². The van der Waals surface area contributed by atoms with Gasteiger partial charge in [0.2, 0.25) is 0 Å². The normalized spacial score (nSPS) is 14.6. The molecule has 0 fully saturated rings. The van der Waals surface area contributed by atoms with Gasteiger partial charge in [-0.3, -0.25) is 0 Å². The van der Waals surface area contributed by atoms with E-state index >= 15 is 0 Å². The van der Waals surface area contributed by atoms with Crippen molar-refractivity contribution in [2.45, 2.75) is 58.7 Å². The van der Waals surface area contributed by atoms with E-state index in [-0.39, 0.29) is 11.0 Å². The number of aliphatic hydroxyl groups is 1. The Labute approximate surface area is 111 Å². The minimum absolute atomic E-state index is 0.144. The molecule has 0 heterocycles. The van der Waals surface area contributed by atoms with Crippen LogP contribution in [0.25, 0.3) is 0 Å². The number of rotatable bonds is 3. The molecule has 1 rings (SSSR count). The maximum absolute atomic E-state index is 10.1. The van der Waals surface area contributed by atoms with Crippen LogP contribution in [0, 0.1) is 0 Å². The van der Waals surface area contributed by atoms with Crippen LogP contribution >= 0.6 is 0 Å². The van der Waals surface area contributed by atoms with Gasteiger partial charge in [0.25, 0.3) is 0 Å². The van der Waals surface area contributed by atoms with Crippen molar-refractivity contribution in [1.29, 1.82) is 0 Å². The van der Waals surface area contributed by atoms with Gasteiger partial charge in [0, 0.05) is 0 Å². The van der Waals surface area contributed by atoms with Gasteiger partial charge in [-0.25, -0.2) is 0 Å². The summed E-state index contributed by atoms with van der Waals surface area (Å²) in [7, 11) is 0. The molecule has 0 aliphatic carbocycles. The molecule has 0 aliphatic rings. The minimum atomic E-state index is -0.557. The highest BCUT2D eigenvalue weighted by Crippen LogP contribution is 2.24. The van der Waals surface area contributed by atoms with Crippen LogP contribution in [0.15, 0.2) is 24.3 Å². The molecule has 102 valence electrons. The molecule has 18 heavy (non-hydrogen) atoms. The van der Waals surface area contributed by atoms with E-state index in [0.29, 0.717) is 6.61 Å². The van der Waals surface area contributed by atoms with Crippen LogP contribution in [0.5, 0.6) is 0 Å². The van der Waals surface area contributed by atoms with Gasteiger partial charge in [0.15, 0.2) is 0 Å². The van der Waals surface area contributed by atoms with Gasteiger partial charge in [-0.2, -0.15) is 0 Å². The van der Waals surface area contributed by atoms with Crippen LogP contribution in [0.3, 0.4) is 0 Å². The minimum Gasteiger partial charge on any atom is -0.386 e. The van der Waals surface area contributed by atoms with Gasteiger partial charge in [0.05, 0.1) is 12.2 Å². The van der Waals surface area contributed by atoms with E-state index in [2.05, 4.69) is 32.9 Å². The average molecular weight is 250 g/mol. The van der Waals surface area contributed by atoms with Gasteiger partial charge in [-0.05, 0) is 37.3 Å². The summed E-state index contributed by atoms with van der Waals surface area (Å²) in [5, 5.41) is 10.1. The molecule has 0 spiro atoms. The molecule has 0 bridgehead atoms. The third-order valence-electron chi connectivity index (χ3n) is 2.84. The topological polar surface area (TPSA) is 29.5 Å². The van der Waals surface area contributed by atoms with Gasteiger partial charge in [-0.1, -0.05) is 45.0 Å². The van der Waals surface area contributed by atoms with Crippen molar-refractivity contribution in [1.82, 2.24) is 0 Å². The van der Waals surface area contributed by atoms with Crippen molar-refractivity contribution < 1.29 is 9.84 Å². The van der Waals surface area contributed by atoms with Crippen LogP contribution < -0.4 is 0 Å². The molecule has 1 N–H and O–H groups in total. The average Bonchev–Trinajstić information content (AvgIpc) is 2.24. The lowest BCUT2D eigenvalue weighted by Crippen LogP contribution is -2.22. The number of aliphatic hydroxyl groups excluding tert-OH is 1. The second kappa shape index (κ2) is 5.41. The first-order chi connectivity index (χ1) is 8.09. The molecule has 2 nitrogen and oxygen atoms in total. The SMILES string of the molecule is CC(C)(C)OCC(O)c1ccc(C(C)(C)C)cc1. The third kappa shape index (κ3) is 4.79. The Morgan fingerprint density at radius 3 is 1.89 bits per heavy atom. The Hall–Kier alpha value is -0.860. The lowest BCUT2D eigenvalue weighted by atomic mass is 9.86. The summed E-state index contributed by atoms with van der Waals surface area (Å²) in [6.07, 6.45) is -0.557. The molecule has 1 aromatic carbocycles. The fourth-order valence-corrected chi connectivity index (χ4v) is 1.63. The first-order valence-electron chi connectivity index (χ1n) is 6.52. The maximum atomic E-state index is 10.1. The van der Waals surface area contributed by atoms with E-state index in [9.17, 15) is 5.11 Å². The Morgan fingerprint density at radius 1 is 1.00 bits per heavy atom. The molecule has 0 saturated heterocycles. The predicted octanol–water partition coefficient (Wildman–Crippen LogP) is 3.83. The van der Waals surface area contributed by atoms with Crippen LogP contribution in [-0.2, 0) is 10.2 Å². The van der Waals surface area contributed by atoms with E-state index in [0.717, 1.165) is 5.56 Å². The zero-order chi connectivity index (χ0) is 14.0. The predicted molar refractivity (Wildman–Crippen MR) is 75.8 cm³/mol. The van der Waals surface area contributed by atoms with Crippen molar-refractivity contribution in [3.8, 4) is 0 Å².